The lowest BCUT2D eigenvalue weighted by molar-refractivity contribution is -0.137. The number of ether oxygens (including phenoxy) is 1. The number of methoxy groups -OCH3 is 1. The standard InChI is InChI=1S/C26H26F3N5O3/c1-37-20-5-2-16(21(13-20)26(27,28)29)4-7-24(35)33-10-8-18-14-34(15-19(18)9-11-33)25(36)17-3-6-22-23(12-17)31-32-30-22/h2-7,12-13,18-19H,8-11,14-15H2,1H3,(H,30,31,32)/t18-,19+. The van der Waals surface area contributed by atoms with Crippen LogP contribution in [0.25, 0.3) is 17.1 Å². The molecule has 0 radical (unpaired) electrons. The summed E-state index contributed by atoms with van der Waals surface area (Å²) >= 11 is 0. The molecule has 0 saturated carbocycles. The van der Waals surface area contributed by atoms with Gasteiger partial charge >= 0.3 is 6.18 Å². The van der Waals surface area contributed by atoms with E-state index >= 15 is 0 Å². The molecule has 11 heteroatoms. The number of fused-ring (bicyclic) bond motifs is 2. The van der Waals surface area contributed by atoms with Crippen LogP contribution in [0.4, 0.5) is 13.2 Å². The lowest BCUT2D eigenvalue weighted by Gasteiger charge is -2.21. The van der Waals surface area contributed by atoms with Crippen molar-refractivity contribution in [2.45, 2.75) is 19.0 Å². The molecule has 1 N–H and O–H groups in total. The van der Waals surface area contributed by atoms with Gasteiger partial charge in [0.25, 0.3) is 5.91 Å². The molecular formula is C26H26F3N5O3. The molecule has 1 aromatic heterocycles. The number of hydrogen-bond donors (Lipinski definition) is 1. The van der Waals surface area contributed by atoms with Crippen LogP contribution >= 0.6 is 0 Å². The number of carbonyl (C=O) groups excluding carboxylic acids is 2. The number of nitrogens with zero attached hydrogens (tertiary/aromatic N) is 4. The number of halogens is 3. The van der Waals surface area contributed by atoms with Crippen LogP contribution in [0.5, 0.6) is 5.75 Å². The highest BCUT2D eigenvalue weighted by atomic mass is 19.4. The van der Waals surface area contributed by atoms with Gasteiger partial charge in [-0.1, -0.05) is 6.07 Å². The maximum absolute atomic E-state index is 13.5. The van der Waals surface area contributed by atoms with Crippen molar-refractivity contribution in [1.82, 2.24) is 25.2 Å². The van der Waals surface area contributed by atoms with Crippen LogP contribution in [0.1, 0.15) is 34.3 Å². The minimum absolute atomic E-state index is 0.0474. The number of alkyl halides is 3. The second-order valence-electron chi connectivity index (χ2n) is 9.44. The molecule has 0 spiro atoms. The third-order valence-corrected chi connectivity index (χ3v) is 7.25. The molecule has 2 aliphatic rings. The second-order valence-corrected chi connectivity index (χ2v) is 9.44. The lowest BCUT2D eigenvalue weighted by Crippen LogP contribution is -2.33. The highest BCUT2D eigenvalue weighted by molar-refractivity contribution is 5.97. The zero-order valence-corrected chi connectivity index (χ0v) is 20.2. The summed E-state index contributed by atoms with van der Waals surface area (Å²) in [5, 5.41) is 10.6. The highest BCUT2D eigenvalue weighted by Gasteiger charge is 2.38. The van der Waals surface area contributed by atoms with Crippen molar-refractivity contribution in [1.29, 1.82) is 0 Å². The molecule has 2 atom stereocenters. The molecule has 3 aromatic rings. The predicted octanol–water partition coefficient (Wildman–Crippen LogP) is 4.01. The Bertz CT molecular complexity index is 1340. The van der Waals surface area contributed by atoms with E-state index in [4.69, 9.17) is 4.74 Å². The Labute approximate surface area is 211 Å². The van der Waals surface area contributed by atoms with Gasteiger partial charge in [0.1, 0.15) is 16.8 Å². The molecule has 5 rings (SSSR count). The quantitative estimate of drug-likeness (QED) is 0.533. The minimum atomic E-state index is -4.57. The molecule has 0 bridgehead atoms. The van der Waals surface area contributed by atoms with Gasteiger partial charge in [0.15, 0.2) is 0 Å². The van der Waals surface area contributed by atoms with Crippen molar-refractivity contribution in [3.05, 3.63) is 59.2 Å². The van der Waals surface area contributed by atoms with E-state index < -0.39 is 11.7 Å². The lowest BCUT2D eigenvalue weighted by atomic mass is 9.92. The zero-order valence-electron chi connectivity index (χ0n) is 20.2. The van der Waals surface area contributed by atoms with E-state index in [0.717, 1.165) is 18.9 Å². The topological polar surface area (TPSA) is 91.4 Å². The summed E-state index contributed by atoms with van der Waals surface area (Å²) in [5.41, 5.74) is 0.957. The van der Waals surface area contributed by atoms with Crippen LogP contribution in [-0.4, -0.2) is 70.3 Å². The number of nitrogens with one attached hydrogen (secondary N) is 1. The van der Waals surface area contributed by atoms with Gasteiger partial charge in [-0.05, 0) is 66.6 Å². The number of likely N-dealkylation sites (tertiary alicyclic amines) is 2. The van der Waals surface area contributed by atoms with Gasteiger partial charge < -0.3 is 14.5 Å². The number of carbonyl (C=O) groups is 2. The monoisotopic (exact) mass is 513 g/mol. The Hall–Kier alpha value is -3.89. The fourth-order valence-corrected chi connectivity index (χ4v) is 5.21. The van der Waals surface area contributed by atoms with Crippen molar-refractivity contribution in [3.8, 4) is 5.75 Å². The molecule has 2 aliphatic heterocycles. The number of benzene rings is 2. The van der Waals surface area contributed by atoms with Crippen LogP contribution in [-0.2, 0) is 11.0 Å². The Morgan fingerprint density at radius 3 is 2.38 bits per heavy atom. The van der Waals surface area contributed by atoms with E-state index in [-0.39, 0.29) is 35.0 Å². The largest absolute Gasteiger partial charge is 0.497 e. The van der Waals surface area contributed by atoms with Gasteiger partial charge in [-0.2, -0.15) is 28.6 Å². The molecule has 3 heterocycles. The van der Waals surface area contributed by atoms with E-state index in [0.29, 0.717) is 42.8 Å². The summed E-state index contributed by atoms with van der Waals surface area (Å²) in [6.45, 7) is 2.20. The minimum Gasteiger partial charge on any atom is -0.497 e. The van der Waals surface area contributed by atoms with Crippen LogP contribution in [0.15, 0.2) is 42.5 Å². The van der Waals surface area contributed by atoms with Crippen LogP contribution in [0, 0.1) is 11.8 Å². The first-order chi connectivity index (χ1) is 17.7. The van der Waals surface area contributed by atoms with Crippen molar-refractivity contribution < 1.29 is 27.5 Å². The summed E-state index contributed by atoms with van der Waals surface area (Å²) in [6.07, 6.45) is -0.697. The third kappa shape index (κ3) is 5.16. The summed E-state index contributed by atoms with van der Waals surface area (Å²) in [7, 11) is 1.30. The van der Waals surface area contributed by atoms with E-state index in [1.807, 2.05) is 4.90 Å². The predicted molar refractivity (Wildman–Crippen MR) is 130 cm³/mol. The average Bonchev–Trinajstić information content (AvgIpc) is 3.48. The molecular weight excluding hydrogens is 487 g/mol. The maximum Gasteiger partial charge on any atom is 0.417 e. The Balaban J connectivity index is 1.21. The number of amides is 2. The van der Waals surface area contributed by atoms with Gasteiger partial charge in [-0.15, -0.1) is 0 Å². The van der Waals surface area contributed by atoms with E-state index in [2.05, 4.69) is 15.4 Å². The summed E-state index contributed by atoms with van der Waals surface area (Å²) < 4.78 is 45.3. The molecule has 37 heavy (non-hydrogen) atoms. The molecule has 2 amide bonds. The number of aromatic nitrogens is 3. The Morgan fingerprint density at radius 2 is 1.70 bits per heavy atom. The van der Waals surface area contributed by atoms with Crippen molar-refractivity contribution in [2.24, 2.45) is 11.8 Å². The number of aromatic amines is 1. The molecule has 194 valence electrons. The summed E-state index contributed by atoms with van der Waals surface area (Å²) in [5.74, 6) is 0.257. The molecule has 8 nitrogen and oxygen atoms in total. The summed E-state index contributed by atoms with van der Waals surface area (Å²) in [6, 6.07) is 8.90. The van der Waals surface area contributed by atoms with E-state index in [1.165, 1.54) is 31.4 Å². The van der Waals surface area contributed by atoms with Crippen LogP contribution < -0.4 is 4.74 Å². The Kier molecular flexibility index (Phi) is 6.61. The van der Waals surface area contributed by atoms with Crippen molar-refractivity contribution in [2.75, 3.05) is 33.3 Å². The zero-order chi connectivity index (χ0) is 26.2. The molecule has 2 saturated heterocycles. The first kappa shape index (κ1) is 24.8. The van der Waals surface area contributed by atoms with Gasteiger partial charge in [0, 0.05) is 37.8 Å². The first-order valence-corrected chi connectivity index (χ1v) is 12.0. The fourth-order valence-electron chi connectivity index (χ4n) is 5.21. The highest BCUT2D eigenvalue weighted by Crippen LogP contribution is 2.35. The van der Waals surface area contributed by atoms with Gasteiger partial charge in [0.2, 0.25) is 5.91 Å². The van der Waals surface area contributed by atoms with E-state index in [9.17, 15) is 22.8 Å². The smallest absolute Gasteiger partial charge is 0.417 e. The van der Waals surface area contributed by atoms with Gasteiger partial charge in [0.05, 0.1) is 12.7 Å². The van der Waals surface area contributed by atoms with Crippen molar-refractivity contribution >= 4 is 28.9 Å². The summed E-state index contributed by atoms with van der Waals surface area (Å²) in [4.78, 5) is 29.4. The third-order valence-electron chi connectivity index (χ3n) is 7.25. The molecule has 2 fully saturated rings. The second kappa shape index (κ2) is 9.87. The Morgan fingerprint density at radius 1 is 1.00 bits per heavy atom. The molecule has 0 aliphatic carbocycles. The molecule has 0 unspecified atom stereocenters. The van der Waals surface area contributed by atoms with Crippen molar-refractivity contribution in [3.63, 3.8) is 0 Å². The SMILES string of the molecule is COc1ccc(C=CC(=O)N2CC[C@@H]3CN(C(=O)c4ccc5n[nH]nc5c4)C[C@@H]3CC2)c(C(F)(F)F)c1. The maximum atomic E-state index is 13.5. The fraction of sp³-hybridized carbons (Fsp3) is 0.385. The normalized spacial score (nSPS) is 20.3. The number of hydrogen-bond acceptors (Lipinski definition) is 5. The average molecular weight is 514 g/mol. The molecule has 2 aromatic carbocycles. The first-order valence-electron chi connectivity index (χ1n) is 12.0. The van der Waals surface area contributed by atoms with Gasteiger partial charge in [-0.25, -0.2) is 0 Å². The number of rotatable bonds is 4. The van der Waals surface area contributed by atoms with Gasteiger partial charge in [-0.3, -0.25) is 9.59 Å². The van der Waals surface area contributed by atoms with Crippen LogP contribution in [0.2, 0.25) is 0 Å². The number of H-pyrrole nitrogens is 1. The van der Waals surface area contributed by atoms with E-state index in [1.54, 1.807) is 23.1 Å². The van der Waals surface area contributed by atoms with Crippen LogP contribution in [0.3, 0.4) is 0 Å².